The van der Waals surface area contributed by atoms with Crippen LogP contribution >= 0.6 is 0 Å². The first kappa shape index (κ1) is 26.1. The van der Waals surface area contributed by atoms with Crippen molar-refractivity contribution in [1.29, 1.82) is 0 Å². The van der Waals surface area contributed by atoms with Crippen molar-refractivity contribution >= 4 is 22.6 Å². The molecule has 1 saturated heterocycles. The lowest BCUT2D eigenvalue weighted by molar-refractivity contribution is 0.0747. The number of piperazine rings is 1. The fraction of sp³-hybridized carbons (Fsp3) is 0.152. The van der Waals surface area contributed by atoms with Crippen molar-refractivity contribution in [3.8, 4) is 22.9 Å². The first-order chi connectivity index (χ1) is 19.9. The molecule has 7 nitrogen and oxygen atoms in total. The van der Waals surface area contributed by atoms with Gasteiger partial charge in [-0.25, -0.2) is 9.37 Å². The van der Waals surface area contributed by atoms with E-state index in [0.717, 1.165) is 34.1 Å². The number of ether oxygens (including phenoxy) is 1. The SMILES string of the molecule is C=C(N)Cn1c(-c2ccc(Oc3ccccc3)cc2)nc2cc(C(=O)N3CCN(c4ccc(F)cc4)CC3)ccc21. The van der Waals surface area contributed by atoms with Crippen LogP contribution in [0.2, 0.25) is 0 Å². The maximum atomic E-state index is 13.4. The molecule has 0 saturated carbocycles. The van der Waals surface area contributed by atoms with E-state index in [2.05, 4.69) is 11.5 Å². The van der Waals surface area contributed by atoms with Crippen molar-refractivity contribution in [1.82, 2.24) is 14.5 Å². The summed E-state index contributed by atoms with van der Waals surface area (Å²) in [6, 6.07) is 29.4. The summed E-state index contributed by atoms with van der Waals surface area (Å²) in [7, 11) is 0. The number of amides is 1. The number of halogens is 1. The van der Waals surface area contributed by atoms with Crippen LogP contribution in [0.1, 0.15) is 10.4 Å². The summed E-state index contributed by atoms with van der Waals surface area (Å²) < 4.78 is 21.3. The molecule has 4 aromatic carbocycles. The van der Waals surface area contributed by atoms with E-state index in [-0.39, 0.29) is 11.7 Å². The number of aromatic nitrogens is 2. The number of nitrogens with two attached hydrogens (primary N) is 1. The molecule has 6 rings (SSSR count). The Hall–Kier alpha value is -5.11. The summed E-state index contributed by atoms with van der Waals surface area (Å²) >= 11 is 0. The summed E-state index contributed by atoms with van der Waals surface area (Å²) in [6.45, 7) is 6.82. The van der Waals surface area contributed by atoms with E-state index in [4.69, 9.17) is 15.5 Å². The monoisotopic (exact) mass is 547 g/mol. The van der Waals surface area contributed by atoms with Crippen LogP contribution in [0.25, 0.3) is 22.4 Å². The molecule has 2 heterocycles. The van der Waals surface area contributed by atoms with E-state index in [0.29, 0.717) is 49.5 Å². The van der Waals surface area contributed by atoms with Crippen LogP contribution in [-0.4, -0.2) is 46.5 Å². The Morgan fingerprint density at radius 3 is 2.24 bits per heavy atom. The summed E-state index contributed by atoms with van der Waals surface area (Å²) in [5, 5.41) is 0. The first-order valence-electron chi connectivity index (χ1n) is 13.5. The minimum atomic E-state index is -0.256. The third-order valence-corrected chi connectivity index (χ3v) is 7.21. The van der Waals surface area contributed by atoms with Gasteiger partial charge in [0.05, 0.1) is 17.6 Å². The molecule has 41 heavy (non-hydrogen) atoms. The van der Waals surface area contributed by atoms with Crippen molar-refractivity contribution in [3.63, 3.8) is 0 Å². The zero-order valence-electron chi connectivity index (χ0n) is 22.5. The Labute approximate surface area is 237 Å². The van der Waals surface area contributed by atoms with Crippen LogP contribution in [0.5, 0.6) is 11.5 Å². The molecule has 0 bridgehead atoms. The molecule has 206 valence electrons. The zero-order chi connectivity index (χ0) is 28.3. The normalized spacial score (nSPS) is 13.4. The van der Waals surface area contributed by atoms with Crippen LogP contribution in [0, 0.1) is 5.82 Å². The number of hydrogen-bond donors (Lipinski definition) is 1. The fourth-order valence-corrected chi connectivity index (χ4v) is 5.15. The highest BCUT2D eigenvalue weighted by Gasteiger charge is 2.23. The van der Waals surface area contributed by atoms with E-state index < -0.39 is 0 Å². The highest BCUT2D eigenvalue weighted by atomic mass is 19.1. The van der Waals surface area contributed by atoms with Crippen molar-refractivity contribution < 1.29 is 13.9 Å². The molecule has 5 aromatic rings. The lowest BCUT2D eigenvalue weighted by Crippen LogP contribution is -2.48. The van der Waals surface area contributed by atoms with Crippen LogP contribution in [0.3, 0.4) is 0 Å². The van der Waals surface area contributed by atoms with Crippen LogP contribution in [0.15, 0.2) is 109 Å². The first-order valence-corrected chi connectivity index (χ1v) is 13.5. The summed E-state index contributed by atoms with van der Waals surface area (Å²) in [6.07, 6.45) is 0. The second-order valence-electron chi connectivity index (χ2n) is 10.1. The standard InChI is InChI=1S/C33H30FN5O2/c1-23(35)22-39-31-16-9-25(33(40)38-19-17-37(18-20-38)27-12-10-26(34)11-13-27)21-30(31)36-32(39)24-7-14-29(15-8-24)41-28-5-3-2-4-6-28/h2-16,21H,1,17-20,22,35H2. The minimum Gasteiger partial charge on any atom is -0.457 e. The minimum absolute atomic E-state index is 0.0348. The van der Waals surface area contributed by atoms with Gasteiger partial charge in [0.25, 0.3) is 5.91 Å². The molecule has 8 heteroatoms. The predicted octanol–water partition coefficient (Wildman–Crippen LogP) is 6.07. The Morgan fingerprint density at radius 1 is 0.878 bits per heavy atom. The largest absolute Gasteiger partial charge is 0.457 e. The second-order valence-corrected chi connectivity index (χ2v) is 10.1. The molecule has 1 fully saturated rings. The van der Waals surface area contributed by atoms with E-state index in [1.54, 1.807) is 12.1 Å². The van der Waals surface area contributed by atoms with Crippen molar-refractivity contribution in [2.75, 3.05) is 31.1 Å². The fourth-order valence-electron chi connectivity index (χ4n) is 5.15. The van der Waals surface area contributed by atoms with Gasteiger partial charge in [0.15, 0.2) is 0 Å². The van der Waals surface area contributed by atoms with E-state index in [1.165, 1.54) is 12.1 Å². The molecule has 0 spiro atoms. The van der Waals surface area contributed by atoms with Crippen LogP contribution in [-0.2, 0) is 6.54 Å². The topological polar surface area (TPSA) is 76.6 Å². The van der Waals surface area contributed by atoms with Gasteiger partial charge in [0, 0.05) is 48.7 Å². The van der Waals surface area contributed by atoms with Crippen molar-refractivity contribution in [3.05, 3.63) is 121 Å². The van der Waals surface area contributed by atoms with Crippen molar-refractivity contribution in [2.45, 2.75) is 6.54 Å². The number of allylic oxidation sites excluding steroid dienone is 1. The zero-order valence-corrected chi connectivity index (χ0v) is 22.5. The number of hydrogen-bond acceptors (Lipinski definition) is 5. The van der Waals surface area contributed by atoms with Gasteiger partial charge in [-0.15, -0.1) is 0 Å². The number of benzene rings is 4. The lowest BCUT2D eigenvalue weighted by Gasteiger charge is -2.36. The summed E-state index contributed by atoms with van der Waals surface area (Å²) in [4.78, 5) is 22.4. The number of imidazole rings is 1. The predicted molar refractivity (Wildman–Crippen MR) is 160 cm³/mol. The smallest absolute Gasteiger partial charge is 0.254 e. The molecule has 1 amide bonds. The van der Waals surface area contributed by atoms with E-state index in [1.807, 2.05) is 82.3 Å². The van der Waals surface area contributed by atoms with Crippen LogP contribution < -0.4 is 15.4 Å². The van der Waals surface area contributed by atoms with Gasteiger partial charge < -0.3 is 24.8 Å². The summed E-state index contributed by atoms with van der Waals surface area (Å²) in [5.41, 5.74) is 10.5. The molecule has 2 N–H and O–H groups in total. The van der Waals surface area contributed by atoms with Crippen LogP contribution in [0.4, 0.5) is 10.1 Å². The Morgan fingerprint density at radius 2 is 1.56 bits per heavy atom. The molecule has 1 aliphatic rings. The number of nitrogens with zero attached hydrogens (tertiary/aromatic N) is 4. The molecular formula is C33H30FN5O2. The Balaban J connectivity index is 1.22. The number of para-hydroxylation sites is 1. The van der Waals surface area contributed by atoms with Gasteiger partial charge in [-0.1, -0.05) is 24.8 Å². The van der Waals surface area contributed by atoms with Gasteiger partial charge in [-0.05, 0) is 78.9 Å². The molecule has 0 atom stereocenters. The number of carbonyl (C=O) groups excluding carboxylic acids is 1. The molecule has 1 aromatic heterocycles. The van der Waals surface area contributed by atoms with E-state index >= 15 is 0 Å². The second kappa shape index (κ2) is 11.2. The average Bonchev–Trinajstić information content (AvgIpc) is 3.35. The maximum Gasteiger partial charge on any atom is 0.254 e. The average molecular weight is 548 g/mol. The summed E-state index contributed by atoms with van der Waals surface area (Å²) in [5.74, 6) is 1.93. The Bertz CT molecular complexity index is 1690. The number of fused-ring (bicyclic) bond motifs is 1. The lowest BCUT2D eigenvalue weighted by atomic mass is 10.1. The van der Waals surface area contributed by atoms with Gasteiger partial charge in [0.2, 0.25) is 0 Å². The van der Waals surface area contributed by atoms with Crippen molar-refractivity contribution in [2.24, 2.45) is 5.73 Å². The third kappa shape index (κ3) is 5.63. The quantitative estimate of drug-likeness (QED) is 0.268. The molecular weight excluding hydrogens is 517 g/mol. The van der Waals surface area contributed by atoms with Gasteiger partial charge >= 0.3 is 0 Å². The molecule has 0 radical (unpaired) electrons. The van der Waals surface area contributed by atoms with E-state index in [9.17, 15) is 9.18 Å². The van der Waals surface area contributed by atoms with Gasteiger partial charge in [0.1, 0.15) is 23.1 Å². The Kier molecular flexibility index (Phi) is 7.12. The highest BCUT2D eigenvalue weighted by molar-refractivity contribution is 5.98. The highest BCUT2D eigenvalue weighted by Crippen LogP contribution is 2.29. The van der Waals surface area contributed by atoms with Gasteiger partial charge in [-0.3, -0.25) is 4.79 Å². The molecule has 1 aliphatic heterocycles. The third-order valence-electron chi connectivity index (χ3n) is 7.21. The molecule has 0 aliphatic carbocycles. The number of anilines is 1. The molecule has 0 unspecified atom stereocenters. The maximum absolute atomic E-state index is 13.4. The number of carbonyl (C=O) groups is 1. The van der Waals surface area contributed by atoms with Gasteiger partial charge in [-0.2, -0.15) is 0 Å². The number of rotatable bonds is 7.